The van der Waals surface area contributed by atoms with Gasteiger partial charge in [-0.05, 0) is 31.0 Å². The molecular weight excluding hydrogens is 431 g/mol. The zero-order valence-electron chi connectivity index (χ0n) is 15.9. The highest BCUT2D eigenvalue weighted by atomic mass is 32.1. The molecule has 2 N–H and O–H groups in total. The normalized spacial score (nSPS) is 10.7. The molecule has 0 bridgehead atoms. The van der Waals surface area contributed by atoms with Gasteiger partial charge in [0.2, 0.25) is 5.91 Å². The predicted molar refractivity (Wildman–Crippen MR) is 107 cm³/mol. The van der Waals surface area contributed by atoms with Crippen molar-refractivity contribution in [2.45, 2.75) is 13.1 Å². The van der Waals surface area contributed by atoms with E-state index in [1.165, 1.54) is 18.5 Å². The van der Waals surface area contributed by atoms with Crippen molar-refractivity contribution in [2.75, 3.05) is 11.9 Å². The van der Waals surface area contributed by atoms with E-state index in [9.17, 15) is 22.8 Å². The summed E-state index contributed by atoms with van der Waals surface area (Å²) in [5, 5.41) is 5.23. The van der Waals surface area contributed by atoms with Gasteiger partial charge in [0.25, 0.3) is 5.91 Å². The molecule has 0 saturated carbocycles. The van der Waals surface area contributed by atoms with E-state index in [2.05, 4.69) is 37.4 Å². The van der Waals surface area contributed by atoms with Crippen LogP contribution in [0.15, 0.2) is 42.9 Å². The maximum atomic E-state index is 12.8. The molecule has 0 aromatic carbocycles. The maximum absolute atomic E-state index is 12.8. The maximum Gasteiger partial charge on any atom is 0.417 e. The van der Waals surface area contributed by atoms with Crippen molar-refractivity contribution in [3.63, 3.8) is 0 Å². The molecule has 0 aliphatic carbocycles. The van der Waals surface area contributed by atoms with E-state index in [0.29, 0.717) is 10.6 Å². The highest BCUT2D eigenvalue weighted by Crippen LogP contribution is 2.28. The second kappa shape index (κ2) is 9.36. The lowest BCUT2D eigenvalue weighted by Gasteiger charge is -2.05. The zero-order chi connectivity index (χ0) is 22.4. The molecule has 0 atom stereocenters. The summed E-state index contributed by atoms with van der Waals surface area (Å²) >= 11 is 1.06. The smallest absolute Gasteiger partial charge is 0.342 e. The fourth-order valence-corrected chi connectivity index (χ4v) is 3.11. The molecule has 0 unspecified atom stereocenters. The summed E-state index contributed by atoms with van der Waals surface area (Å²) in [7, 11) is 0. The fourth-order valence-electron chi connectivity index (χ4n) is 2.27. The SMILES string of the molecule is Cc1nc(NC(=O)CNC(=O)c2ccccn2)sc1C#Cc1cncc(C(F)(F)F)c1. The summed E-state index contributed by atoms with van der Waals surface area (Å²) < 4.78 is 38.3. The van der Waals surface area contributed by atoms with Crippen LogP contribution in [0.1, 0.15) is 32.2 Å². The molecule has 0 radical (unpaired) electrons. The van der Waals surface area contributed by atoms with Crippen molar-refractivity contribution in [1.82, 2.24) is 20.3 Å². The first kappa shape index (κ1) is 21.9. The molecule has 0 fully saturated rings. The second-order valence-corrected chi connectivity index (χ2v) is 7.09. The Morgan fingerprint density at radius 2 is 2.00 bits per heavy atom. The third-order valence-corrected chi connectivity index (χ3v) is 4.72. The van der Waals surface area contributed by atoms with Crippen LogP contribution in [0.25, 0.3) is 0 Å². The quantitative estimate of drug-likeness (QED) is 0.602. The van der Waals surface area contributed by atoms with Gasteiger partial charge in [-0.15, -0.1) is 0 Å². The first-order chi connectivity index (χ1) is 14.7. The van der Waals surface area contributed by atoms with Gasteiger partial charge in [0, 0.05) is 24.2 Å². The number of hydrogen-bond acceptors (Lipinski definition) is 6. The third-order valence-electron chi connectivity index (χ3n) is 3.74. The number of nitrogens with zero attached hydrogens (tertiary/aromatic N) is 3. The van der Waals surface area contributed by atoms with E-state index in [1.807, 2.05) is 0 Å². The van der Waals surface area contributed by atoms with Crippen LogP contribution in [-0.4, -0.2) is 33.3 Å². The van der Waals surface area contributed by atoms with Gasteiger partial charge >= 0.3 is 6.18 Å². The van der Waals surface area contributed by atoms with E-state index >= 15 is 0 Å². The van der Waals surface area contributed by atoms with E-state index in [4.69, 9.17) is 0 Å². The summed E-state index contributed by atoms with van der Waals surface area (Å²) in [6.45, 7) is 1.37. The van der Waals surface area contributed by atoms with Gasteiger partial charge in [-0.25, -0.2) is 4.98 Å². The van der Waals surface area contributed by atoms with Gasteiger partial charge < -0.3 is 10.6 Å². The van der Waals surface area contributed by atoms with Gasteiger partial charge in [-0.1, -0.05) is 23.3 Å². The Kier molecular flexibility index (Phi) is 6.61. The summed E-state index contributed by atoms with van der Waals surface area (Å²) in [5.41, 5.74) is -0.0984. The molecule has 2 amide bonds. The molecule has 3 aromatic rings. The minimum absolute atomic E-state index is 0.102. The number of amides is 2. The first-order valence-electron chi connectivity index (χ1n) is 8.73. The molecule has 31 heavy (non-hydrogen) atoms. The summed E-state index contributed by atoms with van der Waals surface area (Å²) in [6, 6.07) is 5.74. The number of aromatic nitrogens is 3. The molecule has 158 valence electrons. The molecule has 0 aliphatic rings. The Labute approximate surface area is 178 Å². The lowest BCUT2D eigenvalue weighted by atomic mass is 10.2. The van der Waals surface area contributed by atoms with Gasteiger partial charge in [0.15, 0.2) is 5.13 Å². The molecule has 3 rings (SSSR count). The molecule has 11 heteroatoms. The van der Waals surface area contributed by atoms with E-state index in [1.54, 1.807) is 19.1 Å². The lowest BCUT2D eigenvalue weighted by molar-refractivity contribution is -0.137. The van der Waals surface area contributed by atoms with E-state index in [0.717, 1.165) is 23.6 Å². The number of hydrogen-bond donors (Lipinski definition) is 2. The van der Waals surface area contributed by atoms with Gasteiger partial charge in [0.1, 0.15) is 10.6 Å². The van der Waals surface area contributed by atoms with Crippen LogP contribution in [0.3, 0.4) is 0 Å². The number of halogens is 3. The van der Waals surface area contributed by atoms with Crippen molar-refractivity contribution in [1.29, 1.82) is 0 Å². The minimum Gasteiger partial charge on any atom is -0.342 e. The van der Waals surface area contributed by atoms with Crippen LogP contribution in [0.5, 0.6) is 0 Å². The van der Waals surface area contributed by atoms with Gasteiger partial charge in [-0.2, -0.15) is 13.2 Å². The molecule has 0 aliphatic heterocycles. The largest absolute Gasteiger partial charge is 0.417 e. The standard InChI is InChI=1S/C20H14F3N5O2S/c1-12-16(6-5-13-8-14(10-24-9-13)20(21,22)23)31-19(27-12)28-17(29)11-26-18(30)15-4-2-3-7-25-15/h2-4,7-10H,11H2,1H3,(H,26,30)(H,27,28,29). The van der Waals surface area contributed by atoms with Crippen LogP contribution < -0.4 is 10.6 Å². The Bertz CT molecular complexity index is 1170. The van der Waals surface area contributed by atoms with Crippen molar-refractivity contribution in [3.05, 3.63) is 70.2 Å². The van der Waals surface area contributed by atoms with Crippen molar-refractivity contribution in [2.24, 2.45) is 0 Å². The number of pyridine rings is 2. The van der Waals surface area contributed by atoms with Crippen LogP contribution in [0.2, 0.25) is 0 Å². The van der Waals surface area contributed by atoms with Crippen molar-refractivity contribution < 1.29 is 22.8 Å². The molecular formula is C20H14F3N5O2S. The topological polar surface area (TPSA) is 96.9 Å². The van der Waals surface area contributed by atoms with Crippen LogP contribution in [0.4, 0.5) is 18.3 Å². The number of aryl methyl sites for hydroxylation is 1. The molecule has 3 heterocycles. The second-order valence-electron chi connectivity index (χ2n) is 6.09. The number of rotatable bonds is 4. The van der Waals surface area contributed by atoms with Gasteiger partial charge in [-0.3, -0.25) is 19.6 Å². The average molecular weight is 445 g/mol. The molecule has 3 aromatic heterocycles. The monoisotopic (exact) mass is 445 g/mol. The van der Waals surface area contributed by atoms with Crippen LogP contribution in [0, 0.1) is 18.8 Å². The minimum atomic E-state index is -4.51. The third kappa shape index (κ3) is 6.10. The number of anilines is 1. The Morgan fingerprint density at radius 3 is 2.71 bits per heavy atom. The van der Waals surface area contributed by atoms with E-state index in [-0.39, 0.29) is 22.9 Å². The van der Waals surface area contributed by atoms with Crippen LogP contribution >= 0.6 is 11.3 Å². The lowest BCUT2D eigenvalue weighted by Crippen LogP contribution is -2.33. The van der Waals surface area contributed by atoms with Gasteiger partial charge in [0.05, 0.1) is 17.8 Å². The molecule has 7 nitrogen and oxygen atoms in total. The molecule has 0 saturated heterocycles. The number of alkyl halides is 3. The van der Waals surface area contributed by atoms with E-state index < -0.39 is 23.6 Å². The Morgan fingerprint density at radius 1 is 1.19 bits per heavy atom. The number of carbonyl (C=O) groups is 2. The summed E-state index contributed by atoms with van der Waals surface area (Å²) in [4.78, 5) is 36.0. The fraction of sp³-hybridized carbons (Fsp3) is 0.150. The predicted octanol–water partition coefficient (Wildman–Crippen LogP) is 3.03. The van der Waals surface area contributed by atoms with Crippen molar-refractivity contribution >= 4 is 28.3 Å². The highest BCUT2D eigenvalue weighted by Gasteiger charge is 2.30. The molecule has 0 spiro atoms. The van der Waals surface area contributed by atoms with Crippen molar-refractivity contribution in [3.8, 4) is 11.8 Å². The zero-order valence-corrected chi connectivity index (χ0v) is 16.8. The highest BCUT2D eigenvalue weighted by molar-refractivity contribution is 7.16. The first-order valence-corrected chi connectivity index (χ1v) is 9.55. The Hall–Kier alpha value is -3.78. The number of nitrogens with one attached hydrogen (secondary N) is 2. The van der Waals surface area contributed by atoms with Crippen LogP contribution in [-0.2, 0) is 11.0 Å². The number of carbonyl (C=O) groups excluding carboxylic acids is 2. The summed E-state index contributed by atoms with van der Waals surface area (Å²) in [5.74, 6) is 4.37. The Balaban J connectivity index is 1.62. The average Bonchev–Trinajstić information content (AvgIpc) is 3.09. The number of thiazole rings is 1. The summed E-state index contributed by atoms with van der Waals surface area (Å²) in [6.07, 6.45) is -1.09.